The van der Waals surface area contributed by atoms with Crippen LogP contribution in [-0.4, -0.2) is 27.4 Å². The number of ether oxygens (including phenoxy) is 2. The van der Waals surface area contributed by atoms with Crippen molar-refractivity contribution in [2.45, 2.75) is 13.0 Å². The number of benzene rings is 1. The average Bonchev–Trinajstić information content (AvgIpc) is 2.27. The van der Waals surface area contributed by atoms with Gasteiger partial charge in [-0.1, -0.05) is 0 Å². The van der Waals surface area contributed by atoms with Crippen LogP contribution in [-0.2, 0) is 11.3 Å². The summed E-state index contributed by atoms with van der Waals surface area (Å²) in [6, 6.07) is 4.12. The Labute approximate surface area is 119 Å². The average molecular weight is 367 g/mol. The minimum absolute atomic E-state index is 0.649. The minimum Gasteiger partial charge on any atom is -0.491 e. The summed E-state index contributed by atoms with van der Waals surface area (Å²) in [4.78, 5) is 0. The van der Waals surface area contributed by atoms with Crippen molar-refractivity contribution >= 4 is 31.9 Å². The van der Waals surface area contributed by atoms with Gasteiger partial charge in [-0.15, -0.1) is 0 Å². The molecule has 1 N–H and O–H groups in total. The van der Waals surface area contributed by atoms with Crippen LogP contribution in [0.3, 0.4) is 0 Å². The first-order valence-electron chi connectivity index (χ1n) is 5.43. The molecule has 0 atom stereocenters. The molecule has 0 aliphatic heterocycles. The van der Waals surface area contributed by atoms with Gasteiger partial charge in [-0.05, 0) is 56.6 Å². The molecule has 5 heteroatoms. The second-order valence-corrected chi connectivity index (χ2v) is 5.32. The Morgan fingerprint density at radius 1 is 1.18 bits per heavy atom. The van der Waals surface area contributed by atoms with E-state index in [4.69, 9.17) is 9.47 Å². The van der Waals surface area contributed by atoms with Crippen LogP contribution in [0.15, 0.2) is 21.1 Å². The van der Waals surface area contributed by atoms with Gasteiger partial charge in [-0.25, -0.2) is 0 Å². The largest absolute Gasteiger partial charge is 0.491 e. The zero-order valence-corrected chi connectivity index (χ0v) is 13.2. The lowest BCUT2D eigenvalue weighted by Gasteiger charge is -2.12. The maximum absolute atomic E-state index is 5.71. The summed E-state index contributed by atoms with van der Waals surface area (Å²) in [6.07, 6.45) is 0.883. The molecule has 1 aromatic carbocycles. The van der Waals surface area contributed by atoms with Crippen LogP contribution in [0.1, 0.15) is 12.0 Å². The van der Waals surface area contributed by atoms with Crippen LogP contribution in [0.25, 0.3) is 0 Å². The molecule has 0 spiro atoms. The smallest absolute Gasteiger partial charge is 0.147 e. The Morgan fingerprint density at radius 3 is 2.35 bits per heavy atom. The van der Waals surface area contributed by atoms with Crippen molar-refractivity contribution in [1.29, 1.82) is 0 Å². The molecule has 0 unspecified atom stereocenters. The molecular weight excluding hydrogens is 350 g/mol. The summed E-state index contributed by atoms with van der Waals surface area (Å²) in [7, 11) is 3.62. The van der Waals surface area contributed by atoms with Gasteiger partial charge in [0.15, 0.2) is 0 Å². The van der Waals surface area contributed by atoms with Crippen molar-refractivity contribution in [1.82, 2.24) is 5.32 Å². The maximum atomic E-state index is 5.71. The third-order valence-electron chi connectivity index (χ3n) is 2.18. The Kier molecular flexibility index (Phi) is 7.11. The molecule has 0 aromatic heterocycles. The summed E-state index contributed by atoms with van der Waals surface area (Å²) in [5.74, 6) is 0.848. The molecule has 96 valence electrons. The number of nitrogens with one attached hydrogen (secondary N) is 1. The topological polar surface area (TPSA) is 30.5 Å². The van der Waals surface area contributed by atoms with Gasteiger partial charge in [0.2, 0.25) is 0 Å². The van der Waals surface area contributed by atoms with E-state index in [9.17, 15) is 0 Å². The van der Waals surface area contributed by atoms with E-state index < -0.39 is 0 Å². The zero-order valence-electron chi connectivity index (χ0n) is 10.1. The fourth-order valence-electron chi connectivity index (χ4n) is 1.43. The standard InChI is InChI=1S/C12H17Br2NO2/c1-15-8-9-6-10(13)12(11(14)7-9)17-5-3-4-16-2/h6-7,15H,3-5,8H2,1-2H3. The highest BCUT2D eigenvalue weighted by Gasteiger charge is 2.08. The Morgan fingerprint density at radius 2 is 1.82 bits per heavy atom. The van der Waals surface area contributed by atoms with E-state index in [0.29, 0.717) is 13.2 Å². The van der Waals surface area contributed by atoms with Crippen LogP contribution < -0.4 is 10.1 Å². The lowest BCUT2D eigenvalue weighted by molar-refractivity contribution is 0.171. The molecule has 17 heavy (non-hydrogen) atoms. The monoisotopic (exact) mass is 365 g/mol. The van der Waals surface area contributed by atoms with Gasteiger partial charge in [0, 0.05) is 26.7 Å². The third-order valence-corrected chi connectivity index (χ3v) is 3.36. The number of rotatable bonds is 7. The molecule has 0 amide bonds. The number of hydrogen-bond acceptors (Lipinski definition) is 3. The van der Waals surface area contributed by atoms with Crippen LogP contribution in [0, 0.1) is 0 Å². The molecule has 0 saturated heterocycles. The van der Waals surface area contributed by atoms with Crippen molar-refractivity contribution in [2.24, 2.45) is 0 Å². The number of hydrogen-bond donors (Lipinski definition) is 1. The van der Waals surface area contributed by atoms with Crippen LogP contribution in [0.2, 0.25) is 0 Å². The lowest BCUT2D eigenvalue weighted by Crippen LogP contribution is -2.06. The zero-order chi connectivity index (χ0) is 12.7. The van der Waals surface area contributed by atoms with E-state index >= 15 is 0 Å². The minimum atomic E-state index is 0.649. The van der Waals surface area contributed by atoms with Crippen molar-refractivity contribution < 1.29 is 9.47 Å². The quantitative estimate of drug-likeness (QED) is 0.750. The van der Waals surface area contributed by atoms with Crippen molar-refractivity contribution in [2.75, 3.05) is 27.4 Å². The normalized spacial score (nSPS) is 10.6. The third kappa shape index (κ3) is 4.95. The lowest BCUT2D eigenvalue weighted by atomic mass is 10.2. The predicted molar refractivity (Wildman–Crippen MR) is 76.6 cm³/mol. The Hall–Kier alpha value is -0.100. The summed E-state index contributed by atoms with van der Waals surface area (Å²) in [5.41, 5.74) is 1.20. The molecule has 0 aliphatic rings. The molecule has 1 rings (SSSR count). The second kappa shape index (κ2) is 8.08. The summed E-state index contributed by atoms with van der Waals surface area (Å²) < 4.78 is 12.6. The fraction of sp³-hybridized carbons (Fsp3) is 0.500. The number of methoxy groups -OCH3 is 1. The van der Waals surface area contributed by atoms with Gasteiger partial charge in [-0.3, -0.25) is 0 Å². The van der Waals surface area contributed by atoms with Gasteiger partial charge in [-0.2, -0.15) is 0 Å². The molecule has 0 saturated carbocycles. The highest BCUT2D eigenvalue weighted by atomic mass is 79.9. The van der Waals surface area contributed by atoms with Gasteiger partial charge in [0.05, 0.1) is 15.6 Å². The predicted octanol–water partition coefficient (Wildman–Crippen LogP) is 3.35. The maximum Gasteiger partial charge on any atom is 0.147 e. The van der Waals surface area contributed by atoms with Crippen LogP contribution >= 0.6 is 31.9 Å². The van der Waals surface area contributed by atoms with Crippen molar-refractivity contribution in [3.05, 3.63) is 26.6 Å². The summed E-state index contributed by atoms with van der Waals surface area (Å²) in [6.45, 7) is 2.20. The van der Waals surface area contributed by atoms with E-state index in [1.807, 2.05) is 7.05 Å². The molecular formula is C12H17Br2NO2. The first kappa shape index (κ1) is 15.0. The SMILES string of the molecule is CNCc1cc(Br)c(OCCCOC)c(Br)c1. The van der Waals surface area contributed by atoms with Gasteiger partial charge in [0.1, 0.15) is 5.75 Å². The Bertz CT molecular complexity index is 335. The van der Waals surface area contributed by atoms with Gasteiger partial charge in [0.25, 0.3) is 0 Å². The molecule has 0 fully saturated rings. The van der Waals surface area contributed by atoms with E-state index in [0.717, 1.165) is 27.7 Å². The molecule has 0 radical (unpaired) electrons. The highest BCUT2D eigenvalue weighted by molar-refractivity contribution is 9.11. The van der Waals surface area contributed by atoms with E-state index in [1.54, 1.807) is 7.11 Å². The van der Waals surface area contributed by atoms with Crippen molar-refractivity contribution in [3.63, 3.8) is 0 Å². The number of halogens is 2. The summed E-state index contributed by atoms with van der Waals surface area (Å²) in [5, 5.41) is 3.12. The Balaban J connectivity index is 2.65. The summed E-state index contributed by atoms with van der Waals surface area (Å²) >= 11 is 7.05. The molecule has 0 heterocycles. The fourth-order valence-corrected chi connectivity index (χ4v) is 2.94. The van der Waals surface area contributed by atoms with E-state index in [-0.39, 0.29) is 0 Å². The molecule has 0 bridgehead atoms. The van der Waals surface area contributed by atoms with Gasteiger partial charge < -0.3 is 14.8 Å². The van der Waals surface area contributed by atoms with Crippen molar-refractivity contribution in [3.8, 4) is 5.75 Å². The first-order chi connectivity index (χ1) is 8.19. The molecule has 3 nitrogen and oxygen atoms in total. The second-order valence-electron chi connectivity index (χ2n) is 3.61. The molecule has 1 aromatic rings. The molecule has 0 aliphatic carbocycles. The first-order valence-corrected chi connectivity index (χ1v) is 7.02. The van der Waals surface area contributed by atoms with Crippen LogP contribution in [0.4, 0.5) is 0 Å². The van der Waals surface area contributed by atoms with Gasteiger partial charge >= 0.3 is 0 Å². The van der Waals surface area contributed by atoms with E-state index in [1.165, 1.54) is 5.56 Å². The highest BCUT2D eigenvalue weighted by Crippen LogP contribution is 2.34. The van der Waals surface area contributed by atoms with E-state index in [2.05, 4.69) is 49.3 Å². The van der Waals surface area contributed by atoms with Crippen LogP contribution in [0.5, 0.6) is 5.75 Å².